The molecule has 1 atom stereocenters. The summed E-state index contributed by atoms with van der Waals surface area (Å²) in [5.74, 6) is 0.520. The summed E-state index contributed by atoms with van der Waals surface area (Å²) in [6.07, 6.45) is -0.788. The Morgan fingerprint density at radius 1 is 1.16 bits per heavy atom. The minimum atomic E-state index is -0.788. The zero-order chi connectivity index (χ0) is 18.6. The highest BCUT2D eigenvalue weighted by Crippen LogP contribution is 2.29. The zero-order valence-electron chi connectivity index (χ0n) is 14.5. The standard InChI is InChI=1S/C18H20N2O5/c1-11-5-6-12(2)17(9-11)25-13(3)18(21)19-15-10-14(20(22)23)7-8-16(15)24-4/h5-10,13H,1-4H3,(H,19,21)/t13-/m1/s1. The number of benzene rings is 2. The second kappa shape index (κ2) is 7.65. The summed E-state index contributed by atoms with van der Waals surface area (Å²) >= 11 is 0. The molecular formula is C18H20N2O5. The smallest absolute Gasteiger partial charge is 0.271 e. The van der Waals surface area contributed by atoms with Crippen LogP contribution in [-0.4, -0.2) is 24.0 Å². The number of hydrogen-bond acceptors (Lipinski definition) is 5. The van der Waals surface area contributed by atoms with E-state index in [0.717, 1.165) is 11.1 Å². The maximum absolute atomic E-state index is 12.4. The molecule has 0 unspecified atom stereocenters. The molecule has 0 fully saturated rings. The van der Waals surface area contributed by atoms with E-state index in [2.05, 4.69) is 5.32 Å². The van der Waals surface area contributed by atoms with Crippen molar-refractivity contribution in [1.82, 2.24) is 0 Å². The predicted molar refractivity (Wildman–Crippen MR) is 94.3 cm³/mol. The van der Waals surface area contributed by atoms with Crippen LogP contribution >= 0.6 is 0 Å². The van der Waals surface area contributed by atoms with Crippen molar-refractivity contribution in [1.29, 1.82) is 0 Å². The topological polar surface area (TPSA) is 90.7 Å². The van der Waals surface area contributed by atoms with Crippen molar-refractivity contribution in [2.45, 2.75) is 26.9 Å². The molecule has 0 saturated heterocycles. The quantitative estimate of drug-likeness (QED) is 0.638. The molecule has 0 bridgehead atoms. The number of nitrogens with zero attached hydrogens (tertiary/aromatic N) is 1. The molecule has 0 heterocycles. The lowest BCUT2D eigenvalue weighted by atomic mass is 10.1. The zero-order valence-corrected chi connectivity index (χ0v) is 14.5. The van der Waals surface area contributed by atoms with E-state index < -0.39 is 16.9 Å². The van der Waals surface area contributed by atoms with Crippen molar-refractivity contribution >= 4 is 17.3 Å². The van der Waals surface area contributed by atoms with Crippen molar-refractivity contribution in [3.8, 4) is 11.5 Å². The molecule has 0 radical (unpaired) electrons. The lowest BCUT2D eigenvalue weighted by molar-refractivity contribution is -0.384. The highest BCUT2D eigenvalue weighted by molar-refractivity contribution is 5.95. The molecule has 0 spiro atoms. The van der Waals surface area contributed by atoms with E-state index in [9.17, 15) is 14.9 Å². The molecule has 132 valence electrons. The Balaban J connectivity index is 2.17. The number of anilines is 1. The average Bonchev–Trinajstić information content (AvgIpc) is 2.57. The highest BCUT2D eigenvalue weighted by atomic mass is 16.6. The summed E-state index contributed by atoms with van der Waals surface area (Å²) in [5, 5.41) is 13.5. The number of carbonyl (C=O) groups is 1. The Hall–Kier alpha value is -3.09. The van der Waals surface area contributed by atoms with E-state index in [1.165, 1.54) is 25.3 Å². The van der Waals surface area contributed by atoms with Crippen molar-refractivity contribution in [2.24, 2.45) is 0 Å². The summed E-state index contributed by atoms with van der Waals surface area (Å²) in [6.45, 7) is 5.44. The first-order valence-corrected chi connectivity index (χ1v) is 7.69. The number of nitro groups is 1. The molecule has 0 aliphatic heterocycles. The van der Waals surface area contributed by atoms with Gasteiger partial charge in [-0.05, 0) is 44.0 Å². The fraction of sp³-hybridized carbons (Fsp3) is 0.278. The van der Waals surface area contributed by atoms with E-state index >= 15 is 0 Å². The van der Waals surface area contributed by atoms with Crippen LogP contribution in [-0.2, 0) is 4.79 Å². The van der Waals surface area contributed by atoms with Crippen LogP contribution in [0.25, 0.3) is 0 Å². The summed E-state index contributed by atoms with van der Waals surface area (Å²) in [6, 6.07) is 9.72. The molecule has 0 aliphatic rings. The molecule has 2 rings (SSSR count). The van der Waals surface area contributed by atoms with Gasteiger partial charge in [-0.3, -0.25) is 14.9 Å². The number of hydrogen-bond donors (Lipinski definition) is 1. The van der Waals surface area contributed by atoms with Crippen molar-refractivity contribution in [3.63, 3.8) is 0 Å². The minimum absolute atomic E-state index is 0.140. The third-order valence-corrected chi connectivity index (χ3v) is 3.67. The maximum atomic E-state index is 12.4. The SMILES string of the molecule is COc1ccc([N+](=O)[O-])cc1NC(=O)[C@@H](C)Oc1cc(C)ccc1C. The van der Waals surface area contributed by atoms with Crippen LogP contribution in [0.1, 0.15) is 18.1 Å². The second-order valence-electron chi connectivity index (χ2n) is 5.66. The van der Waals surface area contributed by atoms with Crippen LogP contribution in [0.4, 0.5) is 11.4 Å². The van der Waals surface area contributed by atoms with Gasteiger partial charge >= 0.3 is 0 Å². The minimum Gasteiger partial charge on any atom is -0.495 e. The van der Waals surface area contributed by atoms with Gasteiger partial charge in [0.1, 0.15) is 11.5 Å². The van der Waals surface area contributed by atoms with E-state index in [-0.39, 0.29) is 11.4 Å². The summed E-state index contributed by atoms with van der Waals surface area (Å²) in [7, 11) is 1.42. The molecule has 1 amide bonds. The first kappa shape index (κ1) is 18.3. The van der Waals surface area contributed by atoms with E-state index in [4.69, 9.17) is 9.47 Å². The molecule has 1 N–H and O–H groups in total. The summed E-state index contributed by atoms with van der Waals surface area (Å²) in [4.78, 5) is 22.8. The molecular weight excluding hydrogens is 324 g/mol. The van der Waals surface area contributed by atoms with Gasteiger partial charge in [-0.25, -0.2) is 0 Å². The molecule has 0 saturated carbocycles. The molecule has 7 nitrogen and oxygen atoms in total. The number of aryl methyl sites for hydroxylation is 2. The van der Waals surface area contributed by atoms with Gasteiger partial charge in [0.2, 0.25) is 0 Å². The Bertz CT molecular complexity index is 804. The maximum Gasteiger partial charge on any atom is 0.271 e. The Morgan fingerprint density at radius 3 is 2.52 bits per heavy atom. The monoisotopic (exact) mass is 344 g/mol. The van der Waals surface area contributed by atoms with Gasteiger partial charge in [0.05, 0.1) is 17.7 Å². The number of ether oxygens (including phenoxy) is 2. The summed E-state index contributed by atoms with van der Waals surface area (Å²) < 4.78 is 10.9. The van der Waals surface area contributed by atoms with Crippen LogP contribution in [0.3, 0.4) is 0 Å². The van der Waals surface area contributed by atoms with Crippen LogP contribution in [0.15, 0.2) is 36.4 Å². The number of amides is 1. The lowest BCUT2D eigenvalue weighted by Crippen LogP contribution is -2.30. The van der Waals surface area contributed by atoms with E-state index in [1.807, 2.05) is 32.0 Å². The molecule has 2 aromatic rings. The number of nitrogens with one attached hydrogen (secondary N) is 1. The third kappa shape index (κ3) is 4.47. The highest BCUT2D eigenvalue weighted by Gasteiger charge is 2.19. The van der Waals surface area contributed by atoms with Crippen LogP contribution in [0.5, 0.6) is 11.5 Å². The average molecular weight is 344 g/mol. The molecule has 2 aromatic carbocycles. The molecule has 25 heavy (non-hydrogen) atoms. The first-order chi connectivity index (χ1) is 11.8. The van der Waals surface area contributed by atoms with Gasteiger partial charge in [-0.15, -0.1) is 0 Å². The van der Waals surface area contributed by atoms with Crippen molar-refractivity contribution in [2.75, 3.05) is 12.4 Å². The summed E-state index contributed by atoms with van der Waals surface area (Å²) in [5.41, 5.74) is 2.02. The Kier molecular flexibility index (Phi) is 5.59. The van der Waals surface area contributed by atoms with E-state index in [0.29, 0.717) is 11.5 Å². The fourth-order valence-electron chi connectivity index (χ4n) is 2.22. The predicted octanol–water partition coefficient (Wildman–Crippen LogP) is 3.63. The number of non-ortho nitro benzene ring substituents is 1. The largest absolute Gasteiger partial charge is 0.495 e. The van der Waals surface area contributed by atoms with Crippen LogP contribution in [0, 0.1) is 24.0 Å². The van der Waals surface area contributed by atoms with E-state index in [1.54, 1.807) is 6.92 Å². The Morgan fingerprint density at radius 2 is 1.88 bits per heavy atom. The number of carbonyl (C=O) groups excluding carboxylic acids is 1. The normalized spacial score (nSPS) is 11.5. The van der Waals surface area contributed by atoms with Crippen LogP contribution < -0.4 is 14.8 Å². The van der Waals surface area contributed by atoms with Gasteiger partial charge in [-0.2, -0.15) is 0 Å². The van der Waals surface area contributed by atoms with Gasteiger partial charge in [0, 0.05) is 12.1 Å². The number of rotatable bonds is 6. The first-order valence-electron chi connectivity index (χ1n) is 7.69. The number of nitro benzene ring substituents is 1. The molecule has 0 aromatic heterocycles. The molecule has 0 aliphatic carbocycles. The second-order valence-corrected chi connectivity index (χ2v) is 5.66. The van der Waals surface area contributed by atoms with Gasteiger partial charge in [0.15, 0.2) is 6.10 Å². The third-order valence-electron chi connectivity index (χ3n) is 3.67. The number of methoxy groups -OCH3 is 1. The molecule has 7 heteroatoms. The fourth-order valence-corrected chi connectivity index (χ4v) is 2.22. The Labute approximate surface area is 145 Å². The van der Waals surface area contributed by atoms with Crippen molar-refractivity contribution in [3.05, 3.63) is 57.6 Å². The van der Waals surface area contributed by atoms with Crippen LogP contribution in [0.2, 0.25) is 0 Å². The van der Waals surface area contributed by atoms with Gasteiger partial charge in [0.25, 0.3) is 11.6 Å². The van der Waals surface area contributed by atoms with Gasteiger partial charge < -0.3 is 14.8 Å². The van der Waals surface area contributed by atoms with Gasteiger partial charge in [-0.1, -0.05) is 12.1 Å². The van der Waals surface area contributed by atoms with Crippen molar-refractivity contribution < 1.29 is 19.2 Å². The lowest BCUT2D eigenvalue weighted by Gasteiger charge is -2.17.